The zero-order chi connectivity index (χ0) is 16.4. The van der Waals surface area contributed by atoms with E-state index in [-0.39, 0.29) is 19.1 Å². The van der Waals surface area contributed by atoms with Crippen LogP contribution in [-0.2, 0) is 16.6 Å². The Labute approximate surface area is 129 Å². The van der Waals surface area contributed by atoms with Gasteiger partial charge in [0, 0.05) is 31.4 Å². The molecule has 3 atom stereocenters. The number of ether oxygens (including phenoxy) is 1. The molecule has 0 radical (unpaired) electrons. The van der Waals surface area contributed by atoms with Crippen LogP contribution in [0.25, 0.3) is 6.08 Å². The number of hydrogen-bond donors (Lipinski definition) is 2. The van der Waals surface area contributed by atoms with Crippen molar-refractivity contribution in [2.75, 3.05) is 20.3 Å². The van der Waals surface area contributed by atoms with Crippen molar-refractivity contribution >= 4 is 12.0 Å². The van der Waals surface area contributed by atoms with Crippen LogP contribution in [0.2, 0.25) is 0 Å². The fourth-order valence-electron chi connectivity index (χ4n) is 2.57. The van der Waals surface area contributed by atoms with Crippen LogP contribution in [0.15, 0.2) is 6.08 Å². The van der Waals surface area contributed by atoms with Crippen molar-refractivity contribution in [3.05, 3.63) is 23.0 Å². The lowest BCUT2D eigenvalue weighted by Gasteiger charge is -2.37. The van der Waals surface area contributed by atoms with Gasteiger partial charge in [0.2, 0.25) is 5.91 Å². The van der Waals surface area contributed by atoms with Gasteiger partial charge in [-0.25, -0.2) is 0 Å². The highest BCUT2D eigenvalue weighted by molar-refractivity contribution is 5.92. The molecule has 2 rings (SSSR count). The fraction of sp³-hybridized carbons (Fsp3) is 0.600. The van der Waals surface area contributed by atoms with Gasteiger partial charge in [-0.05, 0) is 19.9 Å². The van der Waals surface area contributed by atoms with Gasteiger partial charge in [0.05, 0.1) is 24.9 Å². The van der Waals surface area contributed by atoms with Crippen molar-refractivity contribution in [1.29, 1.82) is 0 Å². The van der Waals surface area contributed by atoms with E-state index in [2.05, 4.69) is 5.10 Å². The Bertz CT molecular complexity index is 582. The lowest BCUT2D eigenvalue weighted by Crippen LogP contribution is -2.56. The standard InChI is InChI=1S/C15H23N3O4/c1-9-11(10(2)18(4)16-9)5-6-14(20)17(3)12-7-22-8-13(19)15(12)21/h5-6,12-13,15,19,21H,7-8H2,1-4H3/b6-5+/t12-,13-,15+/m1/s1. The summed E-state index contributed by atoms with van der Waals surface area (Å²) in [5.74, 6) is -0.260. The third-order valence-electron chi connectivity index (χ3n) is 4.17. The number of aryl methyl sites for hydroxylation is 2. The van der Waals surface area contributed by atoms with Crippen LogP contribution in [0, 0.1) is 13.8 Å². The summed E-state index contributed by atoms with van der Waals surface area (Å²) in [5.41, 5.74) is 2.73. The molecule has 0 saturated carbocycles. The summed E-state index contributed by atoms with van der Waals surface area (Å²) in [4.78, 5) is 13.7. The second-order valence-corrected chi connectivity index (χ2v) is 5.65. The van der Waals surface area contributed by atoms with E-state index in [1.807, 2.05) is 20.9 Å². The van der Waals surface area contributed by atoms with Crippen molar-refractivity contribution in [3.8, 4) is 0 Å². The van der Waals surface area contributed by atoms with Crippen LogP contribution in [0.5, 0.6) is 0 Å². The first-order chi connectivity index (χ1) is 10.3. The molecule has 1 aromatic rings. The number of amides is 1. The minimum atomic E-state index is -1.00. The molecule has 0 aliphatic carbocycles. The van der Waals surface area contributed by atoms with E-state index in [1.54, 1.807) is 17.8 Å². The molecule has 0 spiro atoms. The smallest absolute Gasteiger partial charge is 0.246 e. The Hall–Kier alpha value is -1.70. The zero-order valence-corrected chi connectivity index (χ0v) is 13.4. The van der Waals surface area contributed by atoms with Gasteiger partial charge in [0.1, 0.15) is 12.2 Å². The Balaban J connectivity index is 2.09. The molecule has 0 unspecified atom stereocenters. The molecule has 0 bridgehead atoms. The molecule has 1 saturated heterocycles. The summed E-state index contributed by atoms with van der Waals surface area (Å²) in [6.45, 7) is 4.11. The van der Waals surface area contributed by atoms with Crippen molar-refractivity contribution in [2.24, 2.45) is 7.05 Å². The summed E-state index contributed by atoms with van der Waals surface area (Å²) in [5, 5.41) is 23.9. The molecule has 1 aromatic heterocycles. The third kappa shape index (κ3) is 3.21. The van der Waals surface area contributed by atoms with Crippen LogP contribution in [0.3, 0.4) is 0 Å². The molecule has 1 amide bonds. The summed E-state index contributed by atoms with van der Waals surface area (Å²) in [7, 11) is 3.44. The van der Waals surface area contributed by atoms with Gasteiger partial charge in [-0.1, -0.05) is 0 Å². The Morgan fingerprint density at radius 2 is 2.09 bits per heavy atom. The number of aliphatic hydroxyl groups excluding tert-OH is 2. The number of aromatic nitrogens is 2. The van der Waals surface area contributed by atoms with Gasteiger partial charge in [-0.2, -0.15) is 5.10 Å². The van der Waals surface area contributed by atoms with E-state index < -0.39 is 18.2 Å². The van der Waals surface area contributed by atoms with Crippen LogP contribution in [0.4, 0.5) is 0 Å². The minimum Gasteiger partial charge on any atom is -0.388 e. The normalized spacial score (nSPS) is 25.6. The van der Waals surface area contributed by atoms with E-state index in [0.29, 0.717) is 0 Å². The topological polar surface area (TPSA) is 87.8 Å². The molecule has 0 aromatic carbocycles. The molecule has 1 aliphatic rings. The van der Waals surface area contributed by atoms with Gasteiger partial charge in [-0.15, -0.1) is 0 Å². The number of nitrogens with zero attached hydrogens (tertiary/aromatic N) is 3. The Morgan fingerprint density at radius 1 is 1.41 bits per heavy atom. The maximum Gasteiger partial charge on any atom is 0.246 e. The Kier molecular flexibility index (Phi) is 5.00. The monoisotopic (exact) mass is 309 g/mol. The minimum absolute atomic E-state index is 0.0869. The SMILES string of the molecule is Cc1nn(C)c(C)c1/C=C/C(=O)N(C)[C@@H]1COC[C@@H](O)[C@H]1O. The van der Waals surface area contributed by atoms with Crippen LogP contribution >= 0.6 is 0 Å². The number of likely N-dealkylation sites (N-methyl/N-ethyl adjacent to an activating group) is 1. The largest absolute Gasteiger partial charge is 0.388 e. The number of carbonyl (C=O) groups excluding carboxylic acids is 1. The maximum atomic E-state index is 12.3. The van der Waals surface area contributed by atoms with E-state index in [1.165, 1.54) is 11.0 Å². The molecule has 22 heavy (non-hydrogen) atoms. The molecule has 7 heteroatoms. The van der Waals surface area contributed by atoms with E-state index >= 15 is 0 Å². The summed E-state index contributed by atoms with van der Waals surface area (Å²) in [6, 6.07) is -0.558. The first-order valence-corrected chi connectivity index (χ1v) is 7.22. The molecular weight excluding hydrogens is 286 g/mol. The summed E-state index contributed by atoms with van der Waals surface area (Å²) in [6.07, 6.45) is 1.20. The van der Waals surface area contributed by atoms with Gasteiger partial charge in [0.15, 0.2) is 0 Å². The van der Waals surface area contributed by atoms with Crippen LogP contribution in [-0.4, -0.2) is 69.3 Å². The first kappa shape index (κ1) is 16.7. The predicted molar refractivity (Wildman–Crippen MR) is 81.1 cm³/mol. The first-order valence-electron chi connectivity index (χ1n) is 7.22. The van der Waals surface area contributed by atoms with Crippen molar-refractivity contribution in [3.63, 3.8) is 0 Å². The van der Waals surface area contributed by atoms with Crippen molar-refractivity contribution < 1.29 is 19.7 Å². The van der Waals surface area contributed by atoms with Crippen molar-refractivity contribution in [1.82, 2.24) is 14.7 Å². The van der Waals surface area contributed by atoms with E-state index in [4.69, 9.17) is 4.74 Å². The third-order valence-corrected chi connectivity index (χ3v) is 4.17. The lowest BCUT2D eigenvalue weighted by atomic mass is 10.0. The molecular formula is C15H23N3O4. The molecule has 2 N–H and O–H groups in total. The highest BCUT2D eigenvalue weighted by atomic mass is 16.5. The van der Waals surface area contributed by atoms with Crippen LogP contribution < -0.4 is 0 Å². The van der Waals surface area contributed by atoms with Gasteiger partial charge >= 0.3 is 0 Å². The second-order valence-electron chi connectivity index (χ2n) is 5.65. The van der Waals surface area contributed by atoms with E-state index in [9.17, 15) is 15.0 Å². The molecule has 1 aliphatic heterocycles. The highest BCUT2D eigenvalue weighted by Gasteiger charge is 2.35. The number of rotatable bonds is 3. The fourth-order valence-corrected chi connectivity index (χ4v) is 2.57. The zero-order valence-electron chi connectivity index (χ0n) is 13.4. The predicted octanol–water partition coefficient (Wildman–Crippen LogP) is -0.371. The Morgan fingerprint density at radius 3 is 2.68 bits per heavy atom. The lowest BCUT2D eigenvalue weighted by molar-refractivity contribution is -0.149. The molecule has 2 heterocycles. The van der Waals surface area contributed by atoms with Gasteiger partial charge in [-0.3, -0.25) is 9.48 Å². The quantitative estimate of drug-likeness (QED) is 0.744. The average Bonchev–Trinajstić information content (AvgIpc) is 2.72. The van der Waals surface area contributed by atoms with Gasteiger partial charge < -0.3 is 19.8 Å². The number of aliphatic hydroxyl groups is 2. The van der Waals surface area contributed by atoms with Crippen LogP contribution in [0.1, 0.15) is 17.0 Å². The summed E-state index contributed by atoms with van der Waals surface area (Å²) < 4.78 is 6.96. The number of hydrogen-bond acceptors (Lipinski definition) is 5. The average molecular weight is 309 g/mol. The van der Waals surface area contributed by atoms with Crippen molar-refractivity contribution in [2.45, 2.75) is 32.1 Å². The molecule has 122 valence electrons. The molecule has 7 nitrogen and oxygen atoms in total. The molecule has 1 fully saturated rings. The maximum absolute atomic E-state index is 12.3. The summed E-state index contributed by atoms with van der Waals surface area (Å²) >= 11 is 0. The highest BCUT2D eigenvalue weighted by Crippen LogP contribution is 2.16. The second kappa shape index (κ2) is 6.60. The number of carbonyl (C=O) groups is 1. The van der Waals surface area contributed by atoms with Gasteiger partial charge in [0.25, 0.3) is 0 Å². The van der Waals surface area contributed by atoms with E-state index in [0.717, 1.165) is 17.0 Å².